The summed E-state index contributed by atoms with van der Waals surface area (Å²) in [6.45, 7) is 4.74. The second-order valence-corrected chi connectivity index (χ2v) is 5.77. The summed E-state index contributed by atoms with van der Waals surface area (Å²) >= 11 is 1.77. The zero-order valence-corrected chi connectivity index (χ0v) is 12.9. The van der Waals surface area contributed by atoms with Crippen molar-refractivity contribution in [3.8, 4) is 0 Å². The molecule has 0 radical (unpaired) electrons. The Morgan fingerprint density at radius 2 is 1.95 bits per heavy atom. The third-order valence-electron chi connectivity index (χ3n) is 3.53. The van der Waals surface area contributed by atoms with Crippen molar-refractivity contribution in [2.75, 3.05) is 39.3 Å². The van der Waals surface area contributed by atoms with Crippen molar-refractivity contribution in [1.82, 2.24) is 10.3 Å². The van der Waals surface area contributed by atoms with Gasteiger partial charge in [0.15, 0.2) is 5.13 Å². The number of nitrogens with zero attached hydrogens (tertiary/aromatic N) is 2. The molecule has 1 aromatic heterocycles. The number of hydrogen-bond acceptors (Lipinski definition) is 6. The quantitative estimate of drug-likeness (QED) is 0.853. The van der Waals surface area contributed by atoms with Gasteiger partial charge < -0.3 is 19.7 Å². The zero-order chi connectivity index (χ0) is 13.8. The molecule has 0 amide bonds. The molecule has 19 heavy (non-hydrogen) atoms. The van der Waals surface area contributed by atoms with Gasteiger partial charge in [0.1, 0.15) is 12.2 Å². The summed E-state index contributed by atoms with van der Waals surface area (Å²) in [6, 6.07) is 0. The molecule has 0 aromatic carbocycles. The molecule has 6 heteroatoms. The minimum Gasteiger partial charge on any atom is -0.377 e. The third kappa shape index (κ3) is 3.08. The second kappa shape index (κ2) is 6.65. The first-order valence-corrected chi connectivity index (χ1v) is 7.48. The van der Waals surface area contributed by atoms with Crippen LogP contribution in [0.3, 0.4) is 0 Å². The van der Waals surface area contributed by atoms with Gasteiger partial charge in [-0.2, -0.15) is 0 Å². The molecule has 1 fully saturated rings. The summed E-state index contributed by atoms with van der Waals surface area (Å²) in [5, 5.41) is 4.29. The van der Waals surface area contributed by atoms with E-state index in [1.165, 1.54) is 10.6 Å². The van der Waals surface area contributed by atoms with Gasteiger partial charge in [0.2, 0.25) is 0 Å². The van der Waals surface area contributed by atoms with Gasteiger partial charge in [-0.05, 0) is 13.5 Å². The van der Waals surface area contributed by atoms with E-state index in [2.05, 4.69) is 17.1 Å². The molecule has 1 N–H and O–H groups in total. The molecule has 0 spiro atoms. The van der Waals surface area contributed by atoms with Crippen LogP contribution in [0.15, 0.2) is 0 Å². The second-order valence-electron chi connectivity index (χ2n) is 4.70. The maximum atomic E-state index is 5.48. The summed E-state index contributed by atoms with van der Waals surface area (Å²) < 4.78 is 11.0. The van der Waals surface area contributed by atoms with Gasteiger partial charge in [0, 0.05) is 38.7 Å². The SMILES string of the molecule is CCc1nc(N2CC(OC)C(OC)C2)sc1CNC. The molecule has 1 aliphatic heterocycles. The smallest absolute Gasteiger partial charge is 0.186 e. The molecule has 1 aliphatic rings. The fourth-order valence-corrected chi connectivity index (χ4v) is 3.61. The van der Waals surface area contributed by atoms with Crippen LogP contribution < -0.4 is 10.2 Å². The fourth-order valence-electron chi connectivity index (χ4n) is 2.43. The number of aromatic nitrogens is 1. The van der Waals surface area contributed by atoms with Gasteiger partial charge in [-0.25, -0.2) is 4.98 Å². The summed E-state index contributed by atoms with van der Waals surface area (Å²) in [5.41, 5.74) is 1.20. The van der Waals surface area contributed by atoms with Crippen LogP contribution in [0.4, 0.5) is 5.13 Å². The lowest BCUT2D eigenvalue weighted by molar-refractivity contribution is -0.00461. The Hall–Kier alpha value is -0.690. The van der Waals surface area contributed by atoms with Crippen LogP contribution in [0.2, 0.25) is 0 Å². The minimum atomic E-state index is 0.131. The van der Waals surface area contributed by atoms with Gasteiger partial charge in [0.05, 0.1) is 5.69 Å². The van der Waals surface area contributed by atoms with Crippen molar-refractivity contribution in [3.05, 3.63) is 10.6 Å². The lowest BCUT2D eigenvalue weighted by Gasteiger charge is -2.13. The van der Waals surface area contributed by atoms with E-state index >= 15 is 0 Å². The van der Waals surface area contributed by atoms with Crippen molar-refractivity contribution in [2.45, 2.75) is 32.1 Å². The molecule has 1 saturated heterocycles. The first kappa shape index (κ1) is 14.7. The number of hydrogen-bond donors (Lipinski definition) is 1. The number of rotatable bonds is 6. The minimum absolute atomic E-state index is 0.131. The van der Waals surface area contributed by atoms with Crippen LogP contribution >= 0.6 is 11.3 Å². The average molecular weight is 285 g/mol. The molecule has 1 aromatic rings. The largest absolute Gasteiger partial charge is 0.377 e. The Labute approximate surface area is 118 Å². The molecule has 2 heterocycles. The van der Waals surface area contributed by atoms with Crippen LogP contribution in [0.1, 0.15) is 17.5 Å². The van der Waals surface area contributed by atoms with E-state index in [1.807, 2.05) is 7.05 Å². The highest BCUT2D eigenvalue weighted by Crippen LogP contribution is 2.30. The standard InChI is InChI=1S/C13H23N3O2S/c1-5-9-12(6-14-2)19-13(15-9)16-7-10(17-3)11(8-16)18-4/h10-11,14H,5-8H2,1-4H3. The van der Waals surface area contributed by atoms with Crippen molar-refractivity contribution in [1.29, 1.82) is 0 Å². The molecular formula is C13H23N3O2S. The highest BCUT2D eigenvalue weighted by Gasteiger charge is 2.34. The summed E-state index contributed by atoms with van der Waals surface area (Å²) in [4.78, 5) is 8.36. The van der Waals surface area contributed by atoms with E-state index in [-0.39, 0.29) is 12.2 Å². The van der Waals surface area contributed by atoms with Gasteiger partial charge in [0.25, 0.3) is 0 Å². The van der Waals surface area contributed by atoms with Gasteiger partial charge in [-0.3, -0.25) is 0 Å². The Bertz CT molecular complexity index is 399. The lowest BCUT2D eigenvalue weighted by Crippen LogP contribution is -2.27. The van der Waals surface area contributed by atoms with Crippen LogP contribution in [0.25, 0.3) is 0 Å². The molecule has 108 valence electrons. The van der Waals surface area contributed by atoms with Crippen molar-refractivity contribution < 1.29 is 9.47 Å². The summed E-state index contributed by atoms with van der Waals surface area (Å²) in [7, 11) is 5.45. The fraction of sp³-hybridized carbons (Fsp3) is 0.769. The average Bonchev–Trinajstić information content (AvgIpc) is 3.01. The number of thiazole rings is 1. The van der Waals surface area contributed by atoms with E-state index in [0.717, 1.165) is 31.2 Å². The summed E-state index contributed by atoms with van der Waals surface area (Å²) in [6.07, 6.45) is 1.24. The van der Waals surface area contributed by atoms with Crippen molar-refractivity contribution in [3.63, 3.8) is 0 Å². The highest BCUT2D eigenvalue weighted by atomic mass is 32.1. The lowest BCUT2D eigenvalue weighted by atomic mass is 10.3. The Morgan fingerprint density at radius 1 is 1.32 bits per heavy atom. The van der Waals surface area contributed by atoms with Crippen LogP contribution in [0.5, 0.6) is 0 Å². The predicted octanol–water partition coefficient (Wildman–Crippen LogP) is 1.27. The highest BCUT2D eigenvalue weighted by molar-refractivity contribution is 7.15. The van der Waals surface area contributed by atoms with Crippen molar-refractivity contribution in [2.24, 2.45) is 0 Å². The zero-order valence-electron chi connectivity index (χ0n) is 12.1. The number of nitrogens with one attached hydrogen (secondary N) is 1. The van der Waals surface area contributed by atoms with Crippen LogP contribution in [-0.4, -0.2) is 51.5 Å². The monoisotopic (exact) mass is 285 g/mol. The van der Waals surface area contributed by atoms with E-state index in [1.54, 1.807) is 25.6 Å². The first-order chi connectivity index (χ1) is 9.23. The third-order valence-corrected chi connectivity index (χ3v) is 4.69. The first-order valence-electron chi connectivity index (χ1n) is 6.67. The molecular weight excluding hydrogens is 262 g/mol. The molecule has 0 saturated carbocycles. The Morgan fingerprint density at radius 3 is 2.42 bits per heavy atom. The number of anilines is 1. The maximum Gasteiger partial charge on any atom is 0.186 e. The normalized spacial score (nSPS) is 23.3. The Balaban J connectivity index is 2.14. The van der Waals surface area contributed by atoms with E-state index in [0.29, 0.717) is 0 Å². The molecule has 2 rings (SSSR count). The number of aryl methyl sites for hydroxylation is 1. The molecule has 5 nitrogen and oxygen atoms in total. The molecule has 0 aliphatic carbocycles. The van der Waals surface area contributed by atoms with E-state index < -0.39 is 0 Å². The number of ether oxygens (including phenoxy) is 2. The van der Waals surface area contributed by atoms with Crippen LogP contribution in [0, 0.1) is 0 Å². The van der Waals surface area contributed by atoms with Gasteiger partial charge in [-0.15, -0.1) is 11.3 Å². The molecule has 2 unspecified atom stereocenters. The topological polar surface area (TPSA) is 46.6 Å². The van der Waals surface area contributed by atoms with E-state index in [9.17, 15) is 0 Å². The van der Waals surface area contributed by atoms with Gasteiger partial charge in [-0.1, -0.05) is 6.92 Å². The Kier molecular flexibility index (Phi) is 5.15. The van der Waals surface area contributed by atoms with Crippen LogP contribution in [-0.2, 0) is 22.4 Å². The van der Waals surface area contributed by atoms with E-state index in [4.69, 9.17) is 14.5 Å². The number of methoxy groups -OCH3 is 2. The van der Waals surface area contributed by atoms with Crippen molar-refractivity contribution >= 4 is 16.5 Å². The predicted molar refractivity (Wildman–Crippen MR) is 78.1 cm³/mol. The summed E-state index contributed by atoms with van der Waals surface area (Å²) in [5.74, 6) is 0. The van der Waals surface area contributed by atoms with Gasteiger partial charge >= 0.3 is 0 Å². The molecule has 2 atom stereocenters. The maximum absolute atomic E-state index is 5.48. The molecule has 0 bridgehead atoms.